The van der Waals surface area contributed by atoms with Crippen molar-refractivity contribution >= 4 is 27.3 Å². The average Bonchev–Trinajstić information content (AvgIpc) is 2.63. The van der Waals surface area contributed by atoms with Gasteiger partial charge in [0.2, 0.25) is 0 Å². The molecule has 0 amide bonds. The molecule has 0 spiro atoms. The zero-order valence-corrected chi connectivity index (χ0v) is 9.01. The van der Waals surface area contributed by atoms with Gasteiger partial charge in [-0.05, 0) is 0 Å². The first-order chi connectivity index (χ1) is 6.99. The molecule has 0 bridgehead atoms. The molecule has 3 N–H and O–H groups in total. The molecule has 7 nitrogen and oxygen atoms in total. The summed E-state index contributed by atoms with van der Waals surface area (Å²) in [7, 11) is -3.89. The first kappa shape index (κ1) is 12.0. The fourth-order valence-corrected chi connectivity index (χ4v) is 3.02. The molecule has 0 radical (unpaired) electrons. The largest absolute Gasteiger partial charge is 0.476 e. The predicted octanol–water partition coefficient (Wildman–Crippen LogP) is -0.888. The number of carbonyl (C=O) groups is 1. The average molecular weight is 252 g/mol. The number of aliphatic hydroxyl groups is 1. The van der Waals surface area contributed by atoms with Crippen LogP contribution in [0.15, 0.2) is 9.72 Å². The van der Waals surface area contributed by atoms with Gasteiger partial charge in [-0.1, -0.05) is 0 Å². The summed E-state index contributed by atoms with van der Waals surface area (Å²) in [6, 6.07) is 0. The minimum absolute atomic E-state index is 0.167. The summed E-state index contributed by atoms with van der Waals surface area (Å²) in [6.45, 7) is -0.528. The quantitative estimate of drug-likeness (QED) is 0.626. The topological polar surface area (TPSA) is 117 Å². The highest BCUT2D eigenvalue weighted by Gasteiger charge is 2.24. The first-order valence-electron chi connectivity index (χ1n) is 3.76. The lowest BCUT2D eigenvalue weighted by Crippen LogP contribution is -2.27. The van der Waals surface area contributed by atoms with Crippen molar-refractivity contribution in [1.82, 2.24) is 9.71 Å². The Morgan fingerprint density at radius 3 is 2.80 bits per heavy atom. The number of hydrogen-bond acceptors (Lipinski definition) is 6. The predicted molar refractivity (Wildman–Crippen MR) is 51.3 cm³/mol. The summed E-state index contributed by atoms with van der Waals surface area (Å²) in [5, 5.41) is 17.1. The lowest BCUT2D eigenvalue weighted by Gasteiger charge is -2.02. The molecule has 1 heterocycles. The molecular formula is C6H8N2O5S2. The van der Waals surface area contributed by atoms with Crippen molar-refractivity contribution in [2.24, 2.45) is 0 Å². The molecule has 0 unspecified atom stereocenters. The van der Waals surface area contributed by atoms with Crippen LogP contribution in [0, 0.1) is 0 Å². The highest BCUT2D eigenvalue weighted by molar-refractivity contribution is 7.91. The minimum atomic E-state index is -3.89. The Hall–Kier alpha value is -1.03. The second-order valence-electron chi connectivity index (χ2n) is 2.41. The lowest BCUT2D eigenvalue weighted by atomic mass is 10.5. The Labute approximate surface area is 89.4 Å². The third kappa shape index (κ3) is 2.72. The third-order valence-electron chi connectivity index (χ3n) is 1.39. The SMILES string of the molecule is O=C(O)c1ncsc1S(=O)(=O)NCCO. The molecule has 0 fully saturated rings. The molecule has 1 aromatic rings. The van der Waals surface area contributed by atoms with E-state index in [0.717, 1.165) is 5.51 Å². The van der Waals surface area contributed by atoms with Gasteiger partial charge < -0.3 is 10.2 Å². The van der Waals surface area contributed by atoms with Gasteiger partial charge in [0.1, 0.15) is 0 Å². The summed E-state index contributed by atoms with van der Waals surface area (Å²) in [4.78, 5) is 14.0. The van der Waals surface area contributed by atoms with E-state index in [1.807, 2.05) is 4.72 Å². The number of nitrogens with zero attached hydrogens (tertiary/aromatic N) is 1. The van der Waals surface area contributed by atoms with Crippen LogP contribution in [-0.4, -0.2) is 42.7 Å². The molecule has 0 saturated heterocycles. The van der Waals surface area contributed by atoms with Crippen molar-refractivity contribution < 1.29 is 23.4 Å². The summed E-state index contributed by atoms with van der Waals surface area (Å²) < 4.78 is 24.6. The molecule has 9 heteroatoms. The van der Waals surface area contributed by atoms with Crippen molar-refractivity contribution in [1.29, 1.82) is 0 Å². The van der Waals surface area contributed by atoms with E-state index in [4.69, 9.17) is 10.2 Å². The molecule has 0 aromatic carbocycles. The zero-order valence-electron chi connectivity index (χ0n) is 7.37. The van der Waals surface area contributed by atoms with Gasteiger partial charge in [0.15, 0.2) is 9.90 Å². The number of thiazole rings is 1. The van der Waals surface area contributed by atoms with Crippen LogP contribution in [0.25, 0.3) is 0 Å². The standard InChI is InChI=1S/C6H8N2O5S2/c9-2-1-8-15(12,13)6-4(5(10)11)7-3-14-6/h3,8-9H,1-2H2,(H,10,11). The Bertz CT molecular complexity index is 452. The molecule has 0 atom stereocenters. The maximum Gasteiger partial charge on any atom is 0.356 e. The van der Waals surface area contributed by atoms with Crippen LogP contribution in [0.1, 0.15) is 10.5 Å². The fraction of sp³-hybridized carbons (Fsp3) is 0.333. The maximum absolute atomic E-state index is 11.5. The van der Waals surface area contributed by atoms with E-state index in [0.29, 0.717) is 11.3 Å². The number of sulfonamides is 1. The van der Waals surface area contributed by atoms with Crippen LogP contribution < -0.4 is 4.72 Å². The minimum Gasteiger partial charge on any atom is -0.476 e. The highest BCUT2D eigenvalue weighted by atomic mass is 32.2. The van der Waals surface area contributed by atoms with Crippen LogP contribution in [0.5, 0.6) is 0 Å². The second-order valence-corrected chi connectivity index (χ2v) is 5.23. The Kier molecular flexibility index (Phi) is 3.74. The summed E-state index contributed by atoms with van der Waals surface area (Å²) in [6.07, 6.45) is 0. The molecule has 1 rings (SSSR count). The molecule has 0 aliphatic carbocycles. The van der Waals surface area contributed by atoms with E-state index in [-0.39, 0.29) is 17.4 Å². The van der Waals surface area contributed by atoms with Crippen molar-refractivity contribution in [3.8, 4) is 0 Å². The van der Waals surface area contributed by atoms with E-state index in [2.05, 4.69) is 4.98 Å². The fourth-order valence-electron chi connectivity index (χ4n) is 0.814. The van der Waals surface area contributed by atoms with E-state index in [1.165, 1.54) is 0 Å². The number of aliphatic hydroxyl groups excluding tert-OH is 1. The normalized spacial score (nSPS) is 11.5. The molecule has 0 saturated carbocycles. The highest BCUT2D eigenvalue weighted by Crippen LogP contribution is 2.19. The van der Waals surface area contributed by atoms with E-state index in [1.54, 1.807) is 0 Å². The summed E-state index contributed by atoms with van der Waals surface area (Å²) in [5.41, 5.74) is 0.627. The van der Waals surface area contributed by atoms with E-state index >= 15 is 0 Å². The van der Waals surface area contributed by atoms with Gasteiger partial charge in [-0.3, -0.25) is 0 Å². The molecular weight excluding hydrogens is 244 g/mol. The summed E-state index contributed by atoms with van der Waals surface area (Å²) in [5.74, 6) is -1.40. The van der Waals surface area contributed by atoms with Gasteiger partial charge in [0.05, 0.1) is 12.1 Å². The van der Waals surface area contributed by atoms with Crippen molar-refractivity contribution in [2.75, 3.05) is 13.2 Å². The van der Waals surface area contributed by atoms with Gasteiger partial charge in [-0.15, -0.1) is 11.3 Å². The van der Waals surface area contributed by atoms with Gasteiger partial charge in [-0.25, -0.2) is 22.9 Å². The first-order valence-corrected chi connectivity index (χ1v) is 6.12. The Balaban J connectivity index is 3.05. The Morgan fingerprint density at radius 1 is 1.60 bits per heavy atom. The van der Waals surface area contributed by atoms with Crippen molar-refractivity contribution in [3.05, 3.63) is 11.2 Å². The Morgan fingerprint density at radius 2 is 2.27 bits per heavy atom. The molecule has 0 aliphatic heterocycles. The molecule has 84 valence electrons. The van der Waals surface area contributed by atoms with Crippen LogP contribution in [0.3, 0.4) is 0 Å². The molecule has 1 aromatic heterocycles. The smallest absolute Gasteiger partial charge is 0.356 e. The van der Waals surface area contributed by atoms with Gasteiger partial charge in [-0.2, -0.15) is 0 Å². The number of hydrogen-bond donors (Lipinski definition) is 3. The van der Waals surface area contributed by atoms with Gasteiger partial charge in [0.25, 0.3) is 10.0 Å². The number of carboxylic acids is 1. The van der Waals surface area contributed by atoms with Crippen LogP contribution in [-0.2, 0) is 10.0 Å². The molecule has 0 aliphatic rings. The van der Waals surface area contributed by atoms with Crippen molar-refractivity contribution in [2.45, 2.75) is 4.21 Å². The zero-order chi connectivity index (χ0) is 11.5. The van der Waals surface area contributed by atoms with Crippen LogP contribution in [0.4, 0.5) is 0 Å². The second kappa shape index (κ2) is 4.66. The number of aromatic carboxylic acids is 1. The lowest BCUT2D eigenvalue weighted by molar-refractivity contribution is 0.0687. The third-order valence-corrected chi connectivity index (χ3v) is 4.22. The maximum atomic E-state index is 11.5. The van der Waals surface area contributed by atoms with Crippen molar-refractivity contribution in [3.63, 3.8) is 0 Å². The van der Waals surface area contributed by atoms with E-state index < -0.39 is 21.7 Å². The number of aromatic nitrogens is 1. The van der Waals surface area contributed by atoms with Crippen LogP contribution in [0.2, 0.25) is 0 Å². The number of rotatable bonds is 5. The monoisotopic (exact) mass is 252 g/mol. The van der Waals surface area contributed by atoms with Gasteiger partial charge >= 0.3 is 5.97 Å². The van der Waals surface area contributed by atoms with E-state index in [9.17, 15) is 13.2 Å². The van der Waals surface area contributed by atoms with Gasteiger partial charge in [0, 0.05) is 6.54 Å². The number of carboxylic acid groups (broad SMARTS) is 1. The number of nitrogens with one attached hydrogen (secondary N) is 1. The molecule has 15 heavy (non-hydrogen) atoms. The summed E-state index contributed by atoms with van der Waals surface area (Å²) >= 11 is 0.711. The van der Waals surface area contributed by atoms with Crippen LogP contribution >= 0.6 is 11.3 Å².